The van der Waals surface area contributed by atoms with Gasteiger partial charge in [-0.25, -0.2) is 8.42 Å². The number of carbonyl (C=O) groups excluding carboxylic acids is 1. The molecule has 0 aromatic heterocycles. The van der Waals surface area contributed by atoms with Crippen molar-refractivity contribution < 1.29 is 13.2 Å². The average Bonchev–Trinajstić information content (AvgIpc) is 3.00. The smallest absolute Gasteiger partial charge is 0.242 e. The van der Waals surface area contributed by atoms with E-state index < -0.39 is 9.84 Å². The molecule has 6 heteroatoms. The summed E-state index contributed by atoms with van der Waals surface area (Å²) in [6.07, 6.45) is 1.35. The molecule has 27 heavy (non-hydrogen) atoms. The summed E-state index contributed by atoms with van der Waals surface area (Å²) in [4.78, 5) is 16.8. The molecule has 0 aliphatic carbocycles. The van der Waals surface area contributed by atoms with Crippen LogP contribution < -0.4 is 4.90 Å². The second kappa shape index (κ2) is 7.89. The maximum atomic E-state index is 13.1. The Morgan fingerprint density at radius 1 is 1.19 bits per heavy atom. The largest absolute Gasteiger partial charge is 0.365 e. The van der Waals surface area contributed by atoms with Crippen LogP contribution in [0.5, 0.6) is 0 Å². The molecule has 2 atom stereocenters. The number of rotatable bonds is 6. The van der Waals surface area contributed by atoms with Crippen LogP contribution in [0.3, 0.4) is 0 Å². The molecule has 0 bridgehead atoms. The molecule has 1 aliphatic rings. The first-order chi connectivity index (χ1) is 12.8. The van der Waals surface area contributed by atoms with Crippen LogP contribution in [0, 0.1) is 0 Å². The summed E-state index contributed by atoms with van der Waals surface area (Å²) in [6.45, 7) is 4.26. The molecule has 2 aromatic carbocycles. The lowest BCUT2D eigenvalue weighted by molar-refractivity contribution is -0.133. The van der Waals surface area contributed by atoms with Gasteiger partial charge in [0.25, 0.3) is 0 Å². The molecule has 2 aromatic rings. The first kappa shape index (κ1) is 19.7. The predicted molar refractivity (Wildman–Crippen MR) is 111 cm³/mol. The van der Waals surface area contributed by atoms with Gasteiger partial charge in [-0.05, 0) is 42.7 Å². The van der Waals surface area contributed by atoms with Crippen molar-refractivity contribution in [3.63, 3.8) is 0 Å². The van der Waals surface area contributed by atoms with E-state index >= 15 is 0 Å². The maximum absolute atomic E-state index is 13.1. The van der Waals surface area contributed by atoms with Crippen molar-refractivity contribution >= 4 is 32.2 Å². The minimum absolute atomic E-state index is 0.0119. The molecule has 1 saturated heterocycles. The monoisotopic (exact) mass is 388 g/mol. The number of amides is 1. The fourth-order valence-corrected chi connectivity index (χ4v) is 5.50. The SMILES string of the molecule is CC[C@@H](C)N(C(=O)CN(C)c1ccc2ccccc2c1)[C@H]1CCS(=O)(=O)C1. The number of fused-ring (bicyclic) bond motifs is 1. The molecular formula is C21H28N2O3S. The van der Waals surface area contributed by atoms with Crippen molar-refractivity contribution in [2.24, 2.45) is 0 Å². The van der Waals surface area contributed by atoms with Crippen molar-refractivity contribution in [2.45, 2.75) is 38.8 Å². The minimum Gasteiger partial charge on any atom is -0.365 e. The lowest BCUT2D eigenvalue weighted by Gasteiger charge is -2.35. The average molecular weight is 389 g/mol. The topological polar surface area (TPSA) is 57.7 Å². The minimum atomic E-state index is -3.03. The number of sulfone groups is 1. The molecule has 1 amide bonds. The molecular weight excluding hydrogens is 360 g/mol. The Morgan fingerprint density at radius 3 is 2.52 bits per heavy atom. The summed E-state index contributed by atoms with van der Waals surface area (Å²) >= 11 is 0. The fourth-order valence-electron chi connectivity index (χ4n) is 3.79. The number of nitrogens with zero attached hydrogens (tertiary/aromatic N) is 2. The van der Waals surface area contributed by atoms with Gasteiger partial charge >= 0.3 is 0 Å². The van der Waals surface area contributed by atoms with E-state index in [4.69, 9.17) is 0 Å². The Morgan fingerprint density at radius 2 is 1.89 bits per heavy atom. The first-order valence-electron chi connectivity index (χ1n) is 9.52. The van der Waals surface area contributed by atoms with Crippen molar-refractivity contribution in [1.29, 1.82) is 0 Å². The Bertz CT molecular complexity index is 926. The number of hydrogen-bond donors (Lipinski definition) is 0. The molecule has 1 fully saturated rings. The predicted octanol–water partition coefficient (Wildman–Crippen LogP) is 3.09. The molecule has 1 heterocycles. The summed E-state index contributed by atoms with van der Waals surface area (Å²) in [5.74, 6) is 0.253. The van der Waals surface area contributed by atoms with Crippen LogP contribution in [0.25, 0.3) is 10.8 Å². The van der Waals surface area contributed by atoms with Gasteiger partial charge in [0, 0.05) is 24.8 Å². The Kier molecular flexibility index (Phi) is 5.75. The normalized spacial score (nSPS) is 19.7. The highest BCUT2D eigenvalue weighted by molar-refractivity contribution is 7.91. The quantitative estimate of drug-likeness (QED) is 0.763. The number of anilines is 1. The molecule has 3 rings (SSSR count). The third-order valence-electron chi connectivity index (χ3n) is 5.50. The van der Waals surface area contributed by atoms with Crippen LogP contribution in [-0.4, -0.2) is 56.4 Å². The number of likely N-dealkylation sites (N-methyl/N-ethyl adjacent to an activating group) is 1. The highest BCUT2D eigenvalue weighted by Crippen LogP contribution is 2.24. The highest BCUT2D eigenvalue weighted by atomic mass is 32.2. The van der Waals surface area contributed by atoms with E-state index in [-0.39, 0.29) is 36.0 Å². The molecule has 1 aliphatic heterocycles. The third kappa shape index (κ3) is 4.43. The second-order valence-corrected chi connectivity index (χ2v) is 9.73. The lowest BCUT2D eigenvalue weighted by Crippen LogP contribution is -2.50. The van der Waals surface area contributed by atoms with Gasteiger partial charge in [-0.2, -0.15) is 0 Å². The molecule has 0 saturated carbocycles. The van der Waals surface area contributed by atoms with Gasteiger partial charge < -0.3 is 9.80 Å². The van der Waals surface area contributed by atoms with E-state index in [1.165, 1.54) is 5.39 Å². The number of carbonyl (C=O) groups is 1. The van der Waals surface area contributed by atoms with Gasteiger partial charge in [0.1, 0.15) is 0 Å². The summed E-state index contributed by atoms with van der Waals surface area (Å²) in [5, 5.41) is 2.30. The van der Waals surface area contributed by atoms with Crippen LogP contribution >= 0.6 is 0 Å². The van der Waals surface area contributed by atoms with Gasteiger partial charge in [0.2, 0.25) is 5.91 Å². The van der Waals surface area contributed by atoms with E-state index in [0.717, 1.165) is 17.5 Å². The molecule has 5 nitrogen and oxygen atoms in total. The Hall–Kier alpha value is -2.08. The fraction of sp³-hybridized carbons (Fsp3) is 0.476. The molecule has 0 radical (unpaired) electrons. The molecule has 0 spiro atoms. The van der Waals surface area contributed by atoms with Crippen LogP contribution in [-0.2, 0) is 14.6 Å². The zero-order chi connectivity index (χ0) is 19.6. The summed E-state index contributed by atoms with van der Waals surface area (Å²) in [5.41, 5.74) is 0.977. The molecule has 0 unspecified atom stereocenters. The van der Waals surface area contributed by atoms with E-state index in [1.807, 2.05) is 48.9 Å². The van der Waals surface area contributed by atoms with Crippen LogP contribution in [0.1, 0.15) is 26.7 Å². The molecule has 146 valence electrons. The van der Waals surface area contributed by atoms with Crippen LogP contribution in [0.15, 0.2) is 42.5 Å². The van der Waals surface area contributed by atoms with Gasteiger partial charge in [-0.3, -0.25) is 4.79 Å². The van der Waals surface area contributed by atoms with Gasteiger partial charge in [0.15, 0.2) is 9.84 Å². The van der Waals surface area contributed by atoms with Crippen molar-refractivity contribution in [3.8, 4) is 0 Å². The second-order valence-electron chi connectivity index (χ2n) is 7.50. The van der Waals surface area contributed by atoms with Crippen LogP contribution in [0.2, 0.25) is 0 Å². The van der Waals surface area contributed by atoms with Gasteiger partial charge in [0.05, 0.1) is 18.1 Å². The third-order valence-corrected chi connectivity index (χ3v) is 7.25. The summed E-state index contributed by atoms with van der Waals surface area (Å²) < 4.78 is 23.8. The molecule has 0 N–H and O–H groups in total. The summed E-state index contributed by atoms with van der Waals surface area (Å²) in [7, 11) is -1.12. The van der Waals surface area contributed by atoms with E-state index in [9.17, 15) is 13.2 Å². The van der Waals surface area contributed by atoms with Gasteiger partial charge in [-0.15, -0.1) is 0 Å². The number of benzene rings is 2. The van der Waals surface area contributed by atoms with Crippen molar-refractivity contribution in [1.82, 2.24) is 4.90 Å². The van der Waals surface area contributed by atoms with E-state index in [1.54, 1.807) is 0 Å². The highest BCUT2D eigenvalue weighted by Gasteiger charge is 2.36. The zero-order valence-corrected chi connectivity index (χ0v) is 17.1. The van der Waals surface area contributed by atoms with E-state index in [0.29, 0.717) is 6.42 Å². The summed E-state index contributed by atoms with van der Waals surface area (Å²) in [6, 6.07) is 14.1. The van der Waals surface area contributed by atoms with Crippen molar-refractivity contribution in [3.05, 3.63) is 42.5 Å². The van der Waals surface area contributed by atoms with Gasteiger partial charge in [-0.1, -0.05) is 37.3 Å². The lowest BCUT2D eigenvalue weighted by atomic mass is 10.1. The zero-order valence-electron chi connectivity index (χ0n) is 16.3. The number of hydrogen-bond acceptors (Lipinski definition) is 4. The standard InChI is InChI=1S/C21H28N2O3S/c1-4-16(2)23(20-11-12-27(25,26)15-20)21(24)14-22(3)19-10-9-17-7-5-6-8-18(17)13-19/h5-10,13,16,20H,4,11-12,14-15H2,1-3H3/t16-,20+/m1/s1. The first-order valence-corrected chi connectivity index (χ1v) is 11.3. The Labute approximate surface area is 161 Å². The van der Waals surface area contributed by atoms with Crippen LogP contribution in [0.4, 0.5) is 5.69 Å². The maximum Gasteiger partial charge on any atom is 0.242 e. The van der Waals surface area contributed by atoms with E-state index in [2.05, 4.69) is 24.3 Å². The Balaban J connectivity index is 1.77. The van der Waals surface area contributed by atoms with Crippen molar-refractivity contribution in [2.75, 3.05) is 30.0 Å².